The predicted octanol–water partition coefficient (Wildman–Crippen LogP) is 4.43. The number of rotatable bonds is 4. The minimum absolute atomic E-state index is 0.373. The second-order valence-corrected chi connectivity index (χ2v) is 5.50. The lowest BCUT2D eigenvalue weighted by Gasteiger charge is -2.16. The van der Waals surface area contributed by atoms with Crippen molar-refractivity contribution in [3.05, 3.63) is 59.7 Å². The van der Waals surface area contributed by atoms with E-state index in [0.29, 0.717) is 6.04 Å². The van der Waals surface area contributed by atoms with Crippen molar-refractivity contribution >= 4 is 11.8 Å². The third kappa shape index (κ3) is 2.95. The zero-order valence-electron chi connectivity index (χ0n) is 11.1. The number of hydrogen-bond acceptors (Lipinski definition) is 2. The van der Waals surface area contributed by atoms with Gasteiger partial charge in [-0.25, -0.2) is 0 Å². The van der Waals surface area contributed by atoms with Crippen LogP contribution in [-0.2, 0) is 0 Å². The van der Waals surface area contributed by atoms with Gasteiger partial charge in [-0.2, -0.15) is 0 Å². The molecule has 0 spiro atoms. The van der Waals surface area contributed by atoms with Crippen LogP contribution in [0.1, 0.15) is 24.1 Å². The van der Waals surface area contributed by atoms with Gasteiger partial charge in [0.15, 0.2) is 0 Å². The highest BCUT2D eigenvalue weighted by Gasteiger charge is 2.09. The summed E-state index contributed by atoms with van der Waals surface area (Å²) in [6.07, 6.45) is 0. The fourth-order valence-corrected chi connectivity index (χ4v) is 3.00. The van der Waals surface area contributed by atoms with Crippen LogP contribution in [0.15, 0.2) is 58.3 Å². The molecule has 0 saturated carbocycles. The van der Waals surface area contributed by atoms with Crippen LogP contribution >= 0.6 is 11.8 Å². The maximum absolute atomic E-state index is 3.31. The lowest BCUT2D eigenvalue weighted by atomic mass is 10.1. The van der Waals surface area contributed by atoms with Crippen LogP contribution < -0.4 is 5.32 Å². The molecule has 0 aliphatic carbocycles. The van der Waals surface area contributed by atoms with Crippen molar-refractivity contribution in [2.24, 2.45) is 0 Å². The molecule has 18 heavy (non-hydrogen) atoms. The molecule has 0 bridgehead atoms. The van der Waals surface area contributed by atoms with Gasteiger partial charge in [0, 0.05) is 15.8 Å². The van der Waals surface area contributed by atoms with Crippen LogP contribution in [0.4, 0.5) is 0 Å². The Morgan fingerprint density at radius 1 is 0.944 bits per heavy atom. The average molecular weight is 257 g/mol. The van der Waals surface area contributed by atoms with Gasteiger partial charge in [-0.3, -0.25) is 0 Å². The normalized spacial score (nSPS) is 12.4. The van der Waals surface area contributed by atoms with Gasteiger partial charge in [-0.15, -0.1) is 0 Å². The van der Waals surface area contributed by atoms with Gasteiger partial charge in [-0.05, 0) is 44.2 Å². The van der Waals surface area contributed by atoms with E-state index in [1.54, 1.807) is 0 Å². The zero-order chi connectivity index (χ0) is 13.0. The van der Waals surface area contributed by atoms with Crippen molar-refractivity contribution in [1.29, 1.82) is 0 Å². The van der Waals surface area contributed by atoms with Crippen LogP contribution in [0, 0.1) is 6.92 Å². The first-order valence-corrected chi connectivity index (χ1v) is 7.03. The van der Waals surface area contributed by atoms with Crippen LogP contribution in [0.25, 0.3) is 0 Å². The standard InChI is InChI=1S/C16H19NS/c1-12-8-4-6-10-15(12)18-16-11-7-5-9-14(16)13(2)17-3/h4-11,13,17H,1-3H3. The molecule has 0 saturated heterocycles. The van der Waals surface area contributed by atoms with Crippen molar-refractivity contribution in [3.63, 3.8) is 0 Å². The van der Waals surface area contributed by atoms with E-state index in [1.165, 1.54) is 20.9 Å². The van der Waals surface area contributed by atoms with E-state index in [-0.39, 0.29) is 0 Å². The van der Waals surface area contributed by atoms with E-state index < -0.39 is 0 Å². The van der Waals surface area contributed by atoms with Gasteiger partial charge in [0.05, 0.1) is 0 Å². The first-order chi connectivity index (χ1) is 8.72. The maximum atomic E-state index is 3.31. The first kappa shape index (κ1) is 13.2. The highest BCUT2D eigenvalue weighted by atomic mass is 32.2. The van der Waals surface area contributed by atoms with Gasteiger partial charge >= 0.3 is 0 Å². The largest absolute Gasteiger partial charge is 0.313 e. The molecular formula is C16H19NS. The van der Waals surface area contributed by atoms with Crippen molar-refractivity contribution in [1.82, 2.24) is 5.32 Å². The molecule has 2 rings (SSSR count). The molecule has 1 unspecified atom stereocenters. The number of nitrogens with one attached hydrogen (secondary N) is 1. The Bertz CT molecular complexity index is 522. The average Bonchev–Trinajstić information content (AvgIpc) is 2.41. The van der Waals surface area contributed by atoms with Crippen LogP contribution in [0.3, 0.4) is 0 Å². The lowest BCUT2D eigenvalue weighted by molar-refractivity contribution is 0.641. The van der Waals surface area contributed by atoms with E-state index in [1.807, 2.05) is 18.8 Å². The summed E-state index contributed by atoms with van der Waals surface area (Å²) in [6.45, 7) is 4.35. The predicted molar refractivity (Wildman–Crippen MR) is 79.2 cm³/mol. The lowest BCUT2D eigenvalue weighted by Crippen LogP contribution is -2.13. The van der Waals surface area contributed by atoms with Crippen LogP contribution in [-0.4, -0.2) is 7.05 Å². The van der Waals surface area contributed by atoms with E-state index in [0.717, 1.165) is 0 Å². The van der Waals surface area contributed by atoms with E-state index >= 15 is 0 Å². The number of aryl methyl sites for hydroxylation is 1. The molecular weight excluding hydrogens is 238 g/mol. The SMILES string of the molecule is CNC(C)c1ccccc1Sc1ccccc1C. The summed E-state index contributed by atoms with van der Waals surface area (Å²) in [4.78, 5) is 2.65. The Morgan fingerprint density at radius 2 is 1.56 bits per heavy atom. The molecule has 0 aliphatic heterocycles. The number of hydrogen-bond donors (Lipinski definition) is 1. The topological polar surface area (TPSA) is 12.0 Å². The second kappa shape index (κ2) is 6.07. The molecule has 2 aromatic rings. The minimum atomic E-state index is 0.373. The molecule has 1 N–H and O–H groups in total. The minimum Gasteiger partial charge on any atom is -0.313 e. The van der Waals surface area contributed by atoms with Gasteiger partial charge < -0.3 is 5.32 Å². The fraction of sp³-hybridized carbons (Fsp3) is 0.250. The van der Waals surface area contributed by atoms with Crippen molar-refractivity contribution in [2.45, 2.75) is 29.7 Å². The smallest absolute Gasteiger partial charge is 0.0300 e. The molecule has 2 aromatic carbocycles. The Labute approximate surface area is 114 Å². The van der Waals surface area contributed by atoms with E-state index in [9.17, 15) is 0 Å². The monoisotopic (exact) mass is 257 g/mol. The molecule has 0 amide bonds. The molecule has 94 valence electrons. The summed E-state index contributed by atoms with van der Waals surface area (Å²) in [5.74, 6) is 0. The van der Waals surface area contributed by atoms with Gasteiger partial charge in [0.2, 0.25) is 0 Å². The molecule has 0 heterocycles. The van der Waals surface area contributed by atoms with Crippen molar-refractivity contribution in [3.8, 4) is 0 Å². The molecule has 0 fully saturated rings. The summed E-state index contributed by atoms with van der Waals surface area (Å²) in [6, 6.07) is 17.5. The van der Waals surface area contributed by atoms with Crippen molar-refractivity contribution < 1.29 is 0 Å². The summed E-state index contributed by atoms with van der Waals surface area (Å²) in [5, 5.41) is 3.31. The third-order valence-electron chi connectivity index (χ3n) is 3.13. The van der Waals surface area contributed by atoms with Gasteiger partial charge in [0.25, 0.3) is 0 Å². The highest BCUT2D eigenvalue weighted by Crippen LogP contribution is 2.34. The Balaban J connectivity index is 2.32. The van der Waals surface area contributed by atoms with Crippen LogP contribution in [0.5, 0.6) is 0 Å². The maximum Gasteiger partial charge on any atom is 0.0300 e. The molecule has 0 radical (unpaired) electrons. The number of benzene rings is 2. The quantitative estimate of drug-likeness (QED) is 0.869. The Morgan fingerprint density at radius 3 is 2.22 bits per heavy atom. The van der Waals surface area contributed by atoms with Crippen LogP contribution in [0.2, 0.25) is 0 Å². The summed E-state index contributed by atoms with van der Waals surface area (Å²) < 4.78 is 0. The second-order valence-electron chi connectivity index (χ2n) is 4.42. The van der Waals surface area contributed by atoms with E-state index in [4.69, 9.17) is 0 Å². The first-order valence-electron chi connectivity index (χ1n) is 6.22. The molecule has 1 nitrogen and oxygen atoms in total. The third-order valence-corrected chi connectivity index (χ3v) is 4.40. The zero-order valence-corrected chi connectivity index (χ0v) is 11.9. The highest BCUT2D eigenvalue weighted by molar-refractivity contribution is 7.99. The van der Waals surface area contributed by atoms with E-state index in [2.05, 4.69) is 67.7 Å². The summed E-state index contributed by atoms with van der Waals surface area (Å²) in [5.41, 5.74) is 2.68. The fourth-order valence-electron chi connectivity index (χ4n) is 1.88. The van der Waals surface area contributed by atoms with Crippen molar-refractivity contribution in [2.75, 3.05) is 7.05 Å². The molecule has 0 aromatic heterocycles. The molecule has 0 aliphatic rings. The summed E-state index contributed by atoms with van der Waals surface area (Å²) in [7, 11) is 2.00. The Hall–Kier alpha value is -1.25. The van der Waals surface area contributed by atoms with Gasteiger partial charge in [-0.1, -0.05) is 48.2 Å². The molecule has 2 heteroatoms. The molecule has 1 atom stereocenters. The van der Waals surface area contributed by atoms with Gasteiger partial charge in [0.1, 0.15) is 0 Å². The summed E-state index contributed by atoms with van der Waals surface area (Å²) >= 11 is 1.84. The Kier molecular flexibility index (Phi) is 4.45.